The highest BCUT2D eigenvalue weighted by Crippen LogP contribution is 2.13. The fourth-order valence-electron chi connectivity index (χ4n) is 1.94. The maximum atomic E-state index is 11.7. The quantitative estimate of drug-likeness (QED) is 0.508. The van der Waals surface area contributed by atoms with Crippen molar-refractivity contribution in [2.75, 3.05) is 17.3 Å². The Labute approximate surface area is 102 Å². The van der Waals surface area contributed by atoms with Crippen molar-refractivity contribution in [2.24, 2.45) is 0 Å². The molecule has 0 atom stereocenters. The Kier molecular flexibility index (Phi) is 6.78. The molecule has 0 aliphatic carbocycles. The number of hydrogen-bond acceptors (Lipinski definition) is 2. The molecule has 1 heterocycles. The molecular weight excluding hydrogens is 220 g/mol. The van der Waals surface area contributed by atoms with Crippen LogP contribution < -0.4 is 0 Å². The number of ketones is 2. The van der Waals surface area contributed by atoms with Crippen LogP contribution in [0.4, 0.5) is 0 Å². The Bertz CT molecular complexity index is 228. The Morgan fingerprint density at radius 3 is 2.50 bits per heavy atom. The first kappa shape index (κ1) is 13.8. The van der Waals surface area contributed by atoms with Crippen molar-refractivity contribution in [3.8, 4) is 0 Å². The van der Waals surface area contributed by atoms with Gasteiger partial charge in [-0.3, -0.25) is 9.59 Å². The molecule has 16 heavy (non-hydrogen) atoms. The van der Waals surface area contributed by atoms with Gasteiger partial charge in [-0.1, -0.05) is 26.2 Å². The van der Waals surface area contributed by atoms with Gasteiger partial charge in [0.15, 0.2) is 11.5 Å². The fourth-order valence-corrected chi connectivity index (χ4v) is 4.06. The molecule has 0 saturated carbocycles. The van der Waals surface area contributed by atoms with E-state index < -0.39 is 0 Å². The average Bonchev–Trinajstić information content (AvgIpc) is 2.28. The van der Waals surface area contributed by atoms with Crippen molar-refractivity contribution < 1.29 is 9.59 Å². The summed E-state index contributed by atoms with van der Waals surface area (Å²) in [7, 11) is 0.227. The third kappa shape index (κ3) is 5.69. The van der Waals surface area contributed by atoms with Crippen molar-refractivity contribution in [1.82, 2.24) is 0 Å². The normalized spacial score (nSPS) is 17.7. The third-order valence-corrected chi connectivity index (χ3v) is 5.31. The number of unbranched alkanes of at least 4 members (excludes halogenated alkanes) is 3. The fraction of sp³-hybridized carbons (Fsp3) is 0.846. The number of carbonyl (C=O) groups excluding carboxylic acids is 2. The van der Waals surface area contributed by atoms with E-state index in [2.05, 4.69) is 6.92 Å². The van der Waals surface area contributed by atoms with E-state index in [9.17, 15) is 9.59 Å². The molecule has 1 fully saturated rings. The summed E-state index contributed by atoms with van der Waals surface area (Å²) in [6.45, 7) is 2.18. The van der Waals surface area contributed by atoms with E-state index in [1.165, 1.54) is 19.3 Å². The molecule has 2 nitrogen and oxygen atoms in total. The predicted octanol–water partition coefficient (Wildman–Crippen LogP) is 2.51. The van der Waals surface area contributed by atoms with Crippen LogP contribution in [0.2, 0.25) is 0 Å². The average molecular weight is 243 g/mol. The molecule has 0 spiro atoms. The van der Waals surface area contributed by atoms with E-state index in [0.717, 1.165) is 30.1 Å². The van der Waals surface area contributed by atoms with Gasteiger partial charge in [0.1, 0.15) is 17.3 Å². The van der Waals surface area contributed by atoms with E-state index in [1.54, 1.807) is 0 Å². The van der Waals surface area contributed by atoms with Crippen LogP contribution in [0.3, 0.4) is 0 Å². The van der Waals surface area contributed by atoms with Crippen LogP contribution in [0.15, 0.2) is 0 Å². The summed E-state index contributed by atoms with van der Waals surface area (Å²) < 4.78 is 0. The van der Waals surface area contributed by atoms with Gasteiger partial charge in [0.25, 0.3) is 0 Å². The van der Waals surface area contributed by atoms with Gasteiger partial charge in [0, 0.05) is 6.42 Å². The second-order valence-corrected chi connectivity index (χ2v) is 6.88. The van der Waals surface area contributed by atoms with E-state index in [1.807, 2.05) is 0 Å². The molecule has 0 N–H and O–H groups in total. The van der Waals surface area contributed by atoms with Gasteiger partial charge in [-0.05, 0) is 17.3 Å². The van der Waals surface area contributed by atoms with Gasteiger partial charge in [0.05, 0.1) is 12.8 Å². The molecule has 0 aromatic carbocycles. The molecule has 0 aromatic heterocycles. The van der Waals surface area contributed by atoms with Gasteiger partial charge < -0.3 is 0 Å². The van der Waals surface area contributed by atoms with Crippen molar-refractivity contribution in [3.05, 3.63) is 0 Å². The Balaban J connectivity index is 2.07. The van der Waals surface area contributed by atoms with Gasteiger partial charge in [-0.15, -0.1) is 0 Å². The van der Waals surface area contributed by atoms with E-state index >= 15 is 0 Å². The summed E-state index contributed by atoms with van der Waals surface area (Å²) in [5.74, 6) is 3.51. The molecule has 3 heteroatoms. The topological polar surface area (TPSA) is 34.1 Å². The van der Waals surface area contributed by atoms with E-state index in [4.69, 9.17) is 0 Å². The third-order valence-electron chi connectivity index (χ3n) is 3.01. The van der Waals surface area contributed by atoms with Crippen molar-refractivity contribution >= 4 is 22.5 Å². The zero-order chi connectivity index (χ0) is 11.8. The zero-order valence-corrected chi connectivity index (χ0v) is 11.1. The second kappa shape index (κ2) is 7.88. The minimum atomic E-state index is 0.227. The molecule has 0 unspecified atom stereocenters. The predicted molar refractivity (Wildman–Crippen MR) is 70.0 cm³/mol. The molecule has 0 aromatic rings. The standard InChI is InChI=1S/C13H23O2S/c1-2-3-4-5-6-13(15)11-16-9-7-12(14)8-10-16/h2-11H2,1H3/q+1. The summed E-state index contributed by atoms with van der Waals surface area (Å²) in [6.07, 6.45) is 6.90. The largest absolute Gasteiger partial charge is 0.299 e. The highest BCUT2D eigenvalue weighted by Gasteiger charge is 2.28. The van der Waals surface area contributed by atoms with Crippen LogP contribution in [0.5, 0.6) is 0 Å². The van der Waals surface area contributed by atoms with Crippen LogP contribution in [-0.4, -0.2) is 28.8 Å². The minimum absolute atomic E-state index is 0.227. The lowest BCUT2D eigenvalue weighted by Gasteiger charge is -2.12. The lowest BCUT2D eigenvalue weighted by atomic mass is 10.1. The maximum absolute atomic E-state index is 11.7. The van der Waals surface area contributed by atoms with Gasteiger partial charge in [-0.25, -0.2) is 0 Å². The second-order valence-electron chi connectivity index (χ2n) is 4.55. The lowest BCUT2D eigenvalue weighted by Crippen LogP contribution is -2.29. The van der Waals surface area contributed by atoms with Gasteiger partial charge in [-0.2, -0.15) is 0 Å². The molecular formula is C13H23O2S+. The molecule has 1 saturated heterocycles. The first-order valence-corrected chi connectivity index (χ1v) is 8.13. The molecule has 0 amide bonds. The minimum Gasteiger partial charge on any atom is -0.299 e. The lowest BCUT2D eigenvalue weighted by molar-refractivity contribution is -0.119. The number of Topliss-reactive ketones (excluding diaryl/α,β-unsaturated/α-hetero) is 2. The number of carbonyl (C=O) groups is 2. The molecule has 0 radical (unpaired) electrons. The first-order valence-electron chi connectivity index (χ1n) is 6.40. The summed E-state index contributed by atoms with van der Waals surface area (Å²) in [5, 5.41) is 0. The smallest absolute Gasteiger partial charge is 0.181 e. The first-order chi connectivity index (χ1) is 7.72. The zero-order valence-electron chi connectivity index (χ0n) is 10.3. The van der Waals surface area contributed by atoms with Crippen LogP contribution in [0, 0.1) is 0 Å². The van der Waals surface area contributed by atoms with E-state index in [-0.39, 0.29) is 10.9 Å². The summed E-state index contributed by atoms with van der Waals surface area (Å²) in [5.41, 5.74) is 0. The van der Waals surface area contributed by atoms with Crippen LogP contribution in [0.25, 0.3) is 0 Å². The number of hydrogen-bond donors (Lipinski definition) is 0. The summed E-state index contributed by atoms with van der Waals surface area (Å²) in [4.78, 5) is 22.7. The van der Waals surface area contributed by atoms with Crippen LogP contribution in [0.1, 0.15) is 51.9 Å². The van der Waals surface area contributed by atoms with Crippen LogP contribution >= 0.6 is 0 Å². The van der Waals surface area contributed by atoms with Gasteiger partial charge >= 0.3 is 0 Å². The van der Waals surface area contributed by atoms with E-state index in [0.29, 0.717) is 24.4 Å². The molecule has 92 valence electrons. The SMILES string of the molecule is CCCCCCC(=O)C[S+]1CCC(=O)CC1. The highest BCUT2D eigenvalue weighted by molar-refractivity contribution is 7.97. The van der Waals surface area contributed by atoms with Crippen molar-refractivity contribution in [2.45, 2.75) is 51.9 Å². The monoisotopic (exact) mass is 243 g/mol. The maximum Gasteiger partial charge on any atom is 0.181 e. The summed E-state index contributed by atoms with van der Waals surface area (Å²) >= 11 is 0. The van der Waals surface area contributed by atoms with Gasteiger partial charge in [0.2, 0.25) is 0 Å². The molecule has 1 aliphatic rings. The van der Waals surface area contributed by atoms with Crippen molar-refractivity contribution in [3.63, 3.8) is 0 Å². The Morgan fingerprint density at radius 2 is 1.88 bits per heavy atom. The van der Waals surface area contributed by atoms with Crippen LogP contribution in [-0.2, 0) is 20.5 Å². The highest BCUT2D eigenvalue weighted by atomic mass is 32.2. The molecule has 1 aliphatic heterocycles. The van der Waals surface area contributed by atoms with Crippen molar-refractivity contribution in [1.29, 1.82) is 0 Å². The molecule has 0 bridgehead atoms. The molecule has 1 rings (SSSR count). The Morgan fingerprint density at radius 1 is 1.19 bits per heavy atom. The number of rotatable bonds is 7. The summed E-state index contributed by atoms with van der Waals surface area (Å²) in [6, 6.07) is 0. The Hall–Kier alpha value is -0.310.